The summed E-state index contributed by atoms with van der Waals surface area (Å²) < 4.78 is 0. The lowest BCUT2D eigenvalue weighted by Crippen LogP contribution is -2.63. The van der Waals surface area contributed by atoms with Crippen LogP contribution in [0.5, 0.6) is 0 Å². The number of hydrogen-bond donors (Lipinski definition) is 1. The van der Waals surface area contributed by atoms with Crippen LogP contribution in [0, 0.1) is 0 Å². The Kier molecular flexibility index (Phi) is 3.54. The van der Waals surface area contributed by atoms with E-state index in [1.165, 1.54) is 32.4 Å². The van der Waals surface area contributed by atoms with Crippen LogP contribution < -0.4 is 5.32 Å². The summed E-state index contributed by atoms with van der Waals surface area (Å²) >= 11 is 0. The third-order valence-corrected chi connectivity index (χ3v) is 4.27. The molecular formula is C12H26N4. The lowest BCUT2D eigenvalue weighted by atomic mass is 10.2. The maximum Gasteiger partial charge on any atom is 0.128 e. The van der Waals surface area contributed by atoms with Crippen LogP contribution in [0.2, 0.25) is 0 Å². The van der Waals surface area contributed by atoms with E-state index in [4.69, 9.17) is 0 Å². The molecule has 0 aromatic carbocycles. The van der Waals surface area contributed by atoms with Crippen LogP contribution in [-0.2, 0) is 0 Å². The SMILES string of the molecule is CN(C)C1CCN([C@]2(N(C)C)CCCN2)C1. The average molecular weight is 226 g/mol. The number of likely N-dealkylation sites (N-methyl/N-ethyl adjacent to an activating group) is 1. The smallest absolute Gasteiger partial charge is 0.128 e. The van der Waals surface area contributed by atoms with Crippen LogP contribution in [0.15, 0.2) is 0 Å². The summed E-state index contributed by atoms with van der Waals surface area (Å²) in [5.41, 5.74) is 0. The molecule has 2 aliphatic heterocycles. The van der Waals surface area contributed by atoms with Crippen molar-refractivity contribution < 1.29 is 0 Å². The zero-order valence-electron chi connectivity index (χ0n) is 11.2. The summed E-state index contributed by atoms with van der Waals surface area (Å²) in [6.07, 6.45) is 3.84. The summed E-state index contributed by atoms with van der Waals surface area (Å²) in [7, 11) is 8.78. The van der Waals surface area contributed by atoms with Crippen molar-refractivity contribution in [3.05, 3.63) is 0 Å². The second-order valence-corrected chi connectivity index (χ2v) is 5.59. The summed E-state index contributed by atoms with van der Waals surface area (Å²) in [6.45, 7) is 3.56. The molecule has 0 aromatic rings. The van der Waals surface area contributed by atoms with E-state index in [1.807, 2.05) is 0 Å². The second-order valence-electron chi connectivity index (χ2n) is 5.59. The molecular weight excluding hydrogens is 200 g/mol. The molecule has 0 bridgehead atoms. The lowest BCUT2D eigenvalue weighted by Gasteiger charge is -2.44. The Labute approximate surface area is 99.6 Å². The molecule has 4 nitrogen and oxygen atoms in total. The molecule has 0 aliphatic carbocycles. The van der Waals surface area contributed by atoms with Gasteiger partial charge in [-0.3, -0.25) is 15.1 Å². The van der Waals surface area contributed by atoms with Gasteiger partial charge < -0.3 is 4.90 Å². The Morgan fingerprint density at radius 3 is 2.44 bits per heavy atom. The zero-order valence-corrected chi connectivity index (χ0v) is 11.2. The van der Waals surface area contributed by atoms with Crippen molar-refractivity contribution in [1.29, 1.82) is 0 Å². The van der Waals surface area contributed by atoms with Gasteiger partial charge >= 0.3 is 0 Å². The van der Waals surface area contributed by atoms with E-state index < -0.39 is 0 Å². The standard InChI is InChI=1S/C12H26N4/c1-14(2)11-6-9-16(10-11)12(15(3)4)7-5-8-13-12/h11,13H,5-10H2,1-4H3/t11?,12-/m1/s1. The average Bonchev–Trinajstić information content (AvgIpc) is 2.87. The lowest BCUT2D eigenvalue weighted by molar-refractivity contribution is -0.0330. The first kappa shape index (κ1) is 12.3. The highest BCUT2D eigenvalue weighted by Crippen LogP contribution is 2.30. The van der Waals surface area contributed by atoms with Crippen molar-refractivity contribution in [3.63, 3.8) is 0 Å². The van der Waals surface area contributed by atoms with Gasteiger partial charge in [0.25, 0.3) is 0 Å². The third kappa shape index (κ3) is 1.99. The van der Waals surface area contributed by atoms with Gasteiger partial charge in [-0.05, 0) is 54.0 Å². The van der Waals surface area contributed by atoms with E-state index in [0.717, 1.165) is 12.6 Å². The highest BCUT2D eigenvalue weighted by atomic mass is 15.5. The summed E-state index contributed by atoms with van der Waals surface area (Å²) in [5, 5.41) is 3.70. The highest BCUT2D eigenvalue weighted by molar-refractivity contribution is 4.95. The molecule has 4 heteroatoms. The first-order valence-electron chi connectivity index (χ1n) is 6.40. The van der Waals surface area contributed by atoms with Gasteiger partial charge in [-0.15, -0.1) is 0 Å². The van der Waals surface area contributed by atoms with Crippen molar-refractivity contribution in [2.45, 2.75) is 31.1 Å². The molecule has 0 saturated carbocycles. The molecule has 2 rings (SSSR count). The highest BCUT2D eigenvalue weighted by Gasteiger charge is 2.44. The van der Waals surface area contributed by atoms with E-state index in [2.05, 4.69) is 48.2 Å². The molecule has 2 heterocycles. The first-order chi connectivity index (χ1) is 7.56. The molecule has 2 fully saturated rings. The Morgan fingerprint density at radius 1 is 1.25 bits per heavy atom. The minimum Gasteiger partial charge on any atom is -0.305 e. The van der Waals surface area contributed by atoms with Crippen molar-refractivity contribution in [1.82, 2.24) is 20.0 Å². The van der Waals surface area contributed by atoms with Gasteiger partial charge in [-0.2, -0.15) is 0 Å². The van der Waals surface area contributed by atoms with E-state index in [-0.39, 0.29) is 5.79 Å². The summed E-state index contributed by atoms with van der Waals surface area (Å²) in [5.74, 6) is 0.130. The molecule has 16 heavy (non-hydrogen) atoms. The molecule has 0 spiro atoms. The van der Waals surface area contributed by atoms with Crippen LogP contribution in [0.25, 0.3) is 0 Å². The second kappa shape index (κ2) is 4.61. The monoisotopic (exact) mass is 226 g/mol. The minimum atomic E-state index is 0.130. The Balaban J connectivity index is 2.06. The minimum absolute atomic E-state index is 0.130. The predicted molar refractivity (Wildman–Crippen MR) is 67.3 cm³/mol. The fourth-order valence-electron chi connectivity index (χ4n) is 3.15. The summed E-state index contributed by atoms with van der Waals surface area (Å²) in [4.78, 5) is 7.35. The normalized spacial score (nSPS) is 36.8. The maximum atomic E-state index is 3.70. The van der Waals surface area contributed by atoms with Crippen molar-refractivity contribution >= 4 is 0 Å². The van der Waals surface area contributed by atoms with Crippen LogP contribution in [0.4, 0.5) is 0 Å². The van der Waals surface area contributed by atoms with Crippen molar-refractivity contribution in [3.8, 4) is 0 Å². The zero-order chi connectivity index (χ0) is 11.8. The fraction of sp³-hybridized carbons (Fsp3) is 1.00. The number of likely N-dealkylation sites (tertiary alicyclic amines) is 1. The largest absolute Gasteiger partial charge is 0.305 e. The van der Waals surface area contributed by atoms with Gasteiger partial charge in [-0.1, -0.05) is 0 Å². The van der Waals surface area contributed by atoms with E-state index in [0.29, 0.717) is 0 Å². The quantitative estimate of drug-likeness (QED) is 0.743. The first-order valence-corrected chi connectivity index (χ1v) is 6.40. The molecule has 2 aliphatic rings. The molecule has 1 unspecified atom stereocenters. The topological polar surface area (TPSA) is 21.8 Å². The molecule has 1 N–H and O–H groups in total. The molecule has 0 aromatic heterocycles. The molecule has 94 valence electrons. The van der Waals surface area contributed by atoms with Gasteiger partial charge in [0.1, 0.15) is 5.79 Å². The van der Waals surface area contributed by atoms with Crippen LogP contribution in [0.3, 0.4) is 0 Å². The van der Waals surface area contributed by atoms with E-state index in [9.17, 15) is 0 Å². The molecule has 2 atom stereocenters. The molecule has 2 saturated heterocycles. The number of rotatable bonds is 3. The van der Waals surface area contributed by atoms with Gasteiger partial charge in [0.05, 0.1) is 0 Å². The van der Waals surface area contributed by atoms with Crippen LogP contribution in [-0.4, -0.2) is 74.4 Å². The van der Waals surface area contributed by atoms with Gasteiger partial charge in [0, 0.05) is 19.1 Å². The Hall–Kier alpha value is -0.160. The molecule has 0 radical (unpaired) electrons. The number of nitrogens with one attached hydrogen (secondary N) is 1. The Morgan fingerprint density at radius 2 is 2.00 bits per heavy atom. The van der Waals surface area contributed by atoms with Crippen LogP contribution in [0.1, 0.15) is 19.3 Å². The van der Waals surface area contributed by atoms with Gasteiger partial charge in [0.2, 0.25) is 0 Å². The number of hydrogen-bond acceptors (Lipinski definition) is 4. The van der Waals surface area contributed by atoms with Crippen LogP contribution >= 0.6 is 0 Å². The van der Waals surface area contributed by atoms with Gasteiger partial charge in [0.15, 0.2) is 0 Å². The van der Waals surface area contributed by atoms with E-state index in [1.54, 1.807) is 0 Å². The number of nitrogens with zero attached hydrogens (tertiary/aromatic N) is 3. The third-order valence-electron chi connectivity index (χ3n) is 4.27. The fourth-order valence-corrected chi connectivity index (χ4v) is 3.15. The molecule has 0 amide bonds. The van der Waals surface area contributed by atoms with E-state index >= 15 is 0 Å². The predicted octanol–water partition coefficient (Wildman–Crippen LogP) is 0.221. The van der Waals surface area contributed by atoms with Crippen molar-refractivity contribution in [2.24, 2.45) is 0 Å². The Bertz CT molecular complexity index is 233. The van der Waals surface area contributed by atoms with Gasteiger partial charge in [-0.25, -0.2) is 0 Å². The summed E-state index contributed by atoms with van der Waals surface area (Å²) in [6, 6.07) is 0.722. The maximum absolute atomic E-state index is 3.70. The van der Waals surface area contributed by atoms with Crippen molar-refractivity contribution in [2.75, 3.05) is 47.8 Å².